The van der Waals surface area contributed by atoms with Crippen molar-refractivity contribution < 1.29 is 4.74 Å². The average molecular weight is 231 g/mol. The third-order valence-corrected chi connectivity index (χ3v) is 4.01. The van der Waals surface area contributed by atoms with Crippen LogP contribution in [0.5, 0.6) is 0 Å². The second-order valence-corrected chi connectivity index (χ2v) is 5.42. The van der Waals surface area contributed by atoms with Gasteiger partial charge in [-0.05, 0) is 50.7 Å². The number of aryl methyl sites for hydroxylation is 1. The molecule has 0 aliphatic carbocycles. The van der Waals surface area contributed by atoms with Gasteiger partial charge in [0.15, 0.2) is 0 Å². The van der Waals surface area contributed by atoms with Gasteiger partial charge in [0.05, 0.1) is 12.2 Å². The van der Waals surface area contributed by atoms with E-state index < -0.39 is 0 Å². The maximum absolute atomic E-state index is 5.91. The van der Waals surface area contributed by atoms with Crippen molar-refractivity contribution in [3.63, 3.8) is 0 Å². The van der Waals surface area contributed by atoms with E-state index in [1.807, 2.05) is 0 Å². The number of rotatable bonds is 2. The highest BCUT2D eigenvalue weighted by atomic mass is 16.5. The molecule has 2 nitrogen and oxygen atoms in total. The Morgan fingerprint density at radius 3 is 2.94 bits per heavy atom. The lowest BCUT2D eigenvalue weighted by Crippen LogP contribution is -2.29. The standard InChI is InChI=1S/C15H21NO/c1-11-6-9-14(17-11)10-13-8-7-12-4-2-3-5-15(12)16-13/h2-5,11,13-14,16H,6-10H2,1H3. The first-order valence-corrected chi connectivity index (χ1v) is 6.81. The number of ether oxygens (including phenoxy) is 1. The number of para-hydroxylation sites is 1. The van der Waals surface area contributed by atoms with Crippen molar-refractivity contribution in [1.29, 1.82) is 0 Å². The van der Waals surface area contributed by atoms with Crippen molar-refractivity contribution in [1.82, 2.24) is 0 Å². The molecule has 3 rings (SSSR count). The van der Waals surface area contributed by atoms with Gasteiger partial charge in [0.1, 0.15) is 0 Å². The molecule has 0 amide bonds. The first-order valence-electron chi connectivity index (χ1n) is 6.81. The molecule has 0 radical (unpaired) electrons. The van der Waals surface area contributed by atoms with Crippen molar-refractivity contribution in [2.24, 2.45) is 0 Å². The molecule has 3 unspecified atom stereocenters. The second kappa shape index (κ2) is 4.69. The number of benzene rings is 1. The Balaban J connectivity index is 1.61. The van der Waals surface area contributed by atoms with E-state index in [1.165, 1.54) is 43.4 Å². The van der Waals surface area contributed by atoms with E-state index in [9.17, 15) is 0 Å². The van der Waals surface area contributed by atoms with Crippen LogP contribution in [0.3, 0.4) is 0 Å². The molecule has 92 valence electrons. The summed E-state index contributed by atoms with van der Waals surface area (Å²) in [7, 11) is 0. The monoisotopic (exact) mass is 231 g/mol. The maximum Gasteiger partial charge on any atom is 0.0599 e. The predicted octanol–water partition coefficient (Wildman–Crippen LogP) is 3.37. The number of hydrogen-bond acceptors (Lipinski definition) is 2. The molecule has 1 aromatic rings. The van der Waals surface area contributed by atoms with Crippen molar-refractivity contribution in [3.05, 3.63) is 29.8 Å². The van der Waals surface area contributed by atoms with E-state index in [0.29, 0.717) is 18.2 Å². The highest BCUT2D eigenvalue weighted by molar-refractivity contribution is 5.53. The Bertz CT molecular complexity index is 390. The second-order valence-electron chi connectivity index (χ2n) is 5.42. The van der Waals surface area contributed by atoms with E-state index in [-0.39, 0.29) is 0 Å². The molecule has 1 saturated heterocycles. The Morgan fingerprint density at radius 2 is 2.12 bits per heavy atom. The summed E-state index contributed by atoms with van der Waals surface area (Å²) in [6.07, 6.45) is 7.03. The smallest absolute Gasteiger partial charge is 0.0599 e. The molecule has 3 atom stereocenters. The SMILES string of the molecule is CC1CCC(CC2CCc3ccccc3N2)O1. The van der Waals surface area contributed by atoms with Crippen molar-refractivity contribution in [2.75, 3.05) is 5.32 Å². The fraction of sp³-hybridized carbons (Fsp3) is 0.600. The van der Waals surface area contributed by atoms with Crippen molar-refractivity contribution in [2.45, 2.75) is 57.3 Å². The van der Waals surface area contributed by atoms with E-state index in [1.54, 1.807) is 0 Å². The van der Waals surface area contributed by atoms with E-state index in [0.717, 1.165) is 0 Å². The molecule has 2 aliphatic rings. The summed E-state index contributed by atoms with van der Waals surface area (Å²) in [5.41, 5.74) is 2.79. The third-order valence-electron chi connectivity index (χ3n) is 4.01. The zero-order chi connectivity index (χ0) is 11.7. The van der Waals surface area contributed by atoms with Crippen LogP contribution in [0.1, 0.15) is 38.2 Å². The molecule has 0 spiro atoms. The molecular formula is C15H21NO. The Hall–Kier alpha value is -1.02. The average Bonchev–Trinajstić information content (AvgIpc) is 2.75. The van der Waals surface area contributed by atoms with Crippen molar-refractivity contribution >= 4 is 5.69 Å². The quantitative estimate of drug-likeness (QED) is 0.842. The first kappa shape index (κ1) is 11.1. The summed E-state index contributed by atoms with van der Waals surface area (Å²) in [5.74, 6) is 0. The van der Waals surface area contributed by atoms with Gasteiger partial charge >= 0.3 is 0 Å². The number of nitrogens with one attached hydrogen (secondary N) is 1. The molecular weight excluding hydrogens is 210 g/mol. The normalized spacial score (nSPS) is 31.9. The number of anilines is 1. The van der Waals surface area contributed by atoms with E-state index in [4.69, 9.17) is 4.74 Å². The van der Waals surface area contributed by atoms with Crippen LogP contribution in [0.25, 0.3) is 0 Å². The molecule has 0 bridgehead atoms. The minimum absolute atomic E-state index is 0.468. The lowest BCUT2D eigenvalue weighted by molar-refractivity contribution is 0.0475. The van der Waals surface area contributed by atoms with Gasteiger partial charge in [-0.3, -0.25) is 0 Å². The molecule has 0 saturated carbocycles. The zero-order valence-electron chi connectivity index (χ0n) is 10.5. The molecule has 2 aliphatic heterocycles. The Morgan fingerprint density at radius 1 is 1.24 bits per heavy atom. The fourth-order valence-corrected chi connectivity index (χ4v) is 3.05. The minimum Gasteiger partial charge on any atom is -0.382 e. The van der Waals surface area contributed by atoms with Gasteiger partial charge in [-0.2, -0.15) is 0 Å². The summed E-state index contributed by atoms with van der Waals surface area (Å²) in [4.78, 5) is 0. The molecule has 1 fully saturated rings. The van der Waals surface area contributed by atoms with Crippen molar-refractivity contribution in [3.8, 4) is 0 Å². The van der Waals surface area contributed by atoms with Crippen LogP contribution in [-0.4, -0.2) is 18.2 Å². The van der Waals surface area contributed by atoms with Gasteiger partial charge in [-0.1, -0.05) is 18.2 Å². The van der Waals surface area contributed by atoms with Gasteiger partial charge in [0.25, 0.3) is 0 Å². The van der Waals surface area contributed by atoms with Gasteiger partial charge in [0, 0.05) is 11.7 Å². The molecule has 1 N–H and O–H groups in total. The first-order chi connectivity index (χ1) is 8.31. The molecule has 1 aromatic carbocycles. The molecule has 17 heavy (non-hydrogen) atoms. The third kappa shape index (κ3) is 2.47. The number of fused-ring (bicyclic) bond motifs is 1. The van der Waals surface area contributed by atoms with E-state index >= 15 is 0 Å². The van der Waals surface area contributed by atoms with Crippen LogP contribution < -0.4 is 5.32 Å². The molecule has 0 aromatic heterocycles. The van der Waals surface area contributed by atoms with Gasteiger partial charge < -0.3 is 10.1 Å². The lowest BCUT2D eigenvalue weighted by Gasteiger charge is -2.28. The summed E-state index contributed by atoms with van der Waals surface area (Å²) in [6.45, 7) is 2.18. The summed E-state index contributed by atoms with van der Waals surface area (Å²) >= 11 is 0. The highest BCUT2D eigenvalue weighted by Crippen LogP contribution is 2.29. The fourth-order valence-electron chi connectivity index (χ4n) is 3.05. The van der Waals surface area contributed by atoms with Crippen LogP contribution >= 0.6 is 0 Å². The Labute approximate surface area is 103 Å². The van der Waals surface area contributed by atoms with Crippen LogP contribution in [0.2, 0.25) is 0 Å². The van der Waals surface area contributed by atoms with Crippen LogP contribution in [0.15, 0.2) is 24.3 Å². The molecule has 2 heterocycles. The van der Waals surface area contributed by atoms with Crippen LogP contribution in [0, 0.1) is 0 Å². The van der Waals surface area contributed by atoms with Crippen LogP contribution in [0.4, 0.5) is 5.69 Å². The minimum atomic E-state index is 0.468. The zero-order valence-corrected chi connectivity index (χ0v) is 10.5. The van der Waals surface area contributed by atoms with Gasteiger partial charge in [-0.25, -0.2) is 0 Å². The summed E-state index contributed by atoms with van der Waals surface area (Å²) in [6, 6.07) is 9.26. The highest BCUT2D eigenvalue weighted by Gasteiger charge is 2.26. The maximum atomic E-state index is 5.91. The topological polar surface area (TPSA) is 21.3 Å². The van der Waals surface area contributed by atoms with Gasteiger partial charge in [-0.15, -0.1) is 0 Å². The summed E-state index contributed by atoms with van der Waals surface area (Å²) in [5, 5.41) is 3.66. The van der Waals surface area contributed by atoms with Crippen LogP contribution in [-0.2, 0) is 11.2 Å². The lowest BCUT2D eigenvalue weighted by atomic mass is 9.94. The van der Waals surface area contributed by atoms with Gasteiger partial charge in [0.2, 0.25) is 0 Å². The van der Waals surface area contributed by atoms with E-state index in [2.05, 4.69) is 36.5 Å². The summed E-state index contributed by atoms with van der Waals surface area (Å²) < 4.78 is 5.91. The molecule has 2 heteroatoms. The number of hydrogen-bond donors (Lipinski definition) is 1. The predicted molar refractivity (Wildman–Crippen MR) is 70.4 cm³/mol. The largest absolute Gasteiger partial charge is 0.382 e. The Kier molecular flexibility index (Phi) is 3.06.